The van der Waals surface area contributed by atoms with Crippen LogP contribution in [0.25, 0.3) is 21.8 Å². The second kappa shape index (κ2) is 15.1. The van der Waals surface area contributed by atoms with Crippen LogP contribution in [0.1, 0.15) is 30.4 Å². The van der Waals surface area contributed by atoms with E-state index in [1.165, 1.54) is 0 Å². The van der Waals surface area contributed by atoms with Crippen LogP contribution in [0.5, 0.6) is 0 Å². The molecule has 0 saturated carbocycles. The number of nitrogens with one attached hydrogen (secondary N) is 5. The van der Waals surface area contributed by atoms with E-state index in [9.17, 15) is 29.4 Å². The maximum atomic E-state index is 13.4. The van der Waals surface area contributed by atoms with Gasteiger partial charge >= 0.3 is 5.97 Å². The first-order chi connectivity index (χ1) is 21.2. The number of carboxylic acids is 1. The first kappa shape index (κ1) is 32.2. The molecule has 3 amide bonds. The summed E-state index contributed by atoms with van der Waals surface area (Å²) in [5.74, 6) is -3.41. The molecule has 4 aromatic rings. The van der Waals surface area contributed by atoms with Gasteiger partial charge in [0.25, 0.3) is 0 Å². The lowest BCUT2D eigenvalue weighted by Gasteiger charge is -2.24. The predicted octanol–water partition coefficient (Wildman–Crippen LogP) is 0.422. The van der Waals surface area contributed by atoms with Crippen LogP contribution in [0, 0.1) is 0 Å². The summed E-state index contributed by atoms with van der Waals surface area (Å²) in [7, 11) is 0. The molecule has 0 aliphatic rings. The van der Waals surface area contributed by atoms with E-state index in [1.807, 2.05) is 48.5 Å². The fourth-order valence-electron chi connectivity index (χ4n) is 5.13. The number of nitrogens with two attached hydrogens (primary N) is 2. The van der Waals surface area contributed by atoms with Crippen molar-refractivity contribution >= 4 is 45.5 Å². The minimum atomic E-state index is -1.41. The molecule has 0 aliphatic carbocycles. The molecule has 234 valence electrons. The summed E-state index contributed by atoms with van der Waals surface area (Å²) in [6, 6.07) is 10.1. The van der Waals surface area contributed by atoms with Crippen molar-refractivity contribution in [3.63, 3.8) is 0 Å². The molecule has 0 fully saturated rings. The first-order valence-electron chi connectivity index (χ1n) is 14.5. The molecule has 2 heterocycles. The molecule has 4 rings (SSSR count). The van der Waals surface area contributed by atoms with E-state index >= 15 is 0 Å². The monoisotopic (exact) mass is 605 g/mol. The van der Waals surface area contributed by atoms with Gasteiger partial charge in [0, 0.05) is 40.6 Å². The number of aromatic nitrogens is 2. The lowest BCUT2D eigenvalue weighted by molar-refractivity contribution is -0.142. The predicted molar refractivity (Wildman–Crippen MR) is 165 cm³/mol. The molecule has 44 heavy (non-hydrogen) atoms. The lowest BCUT2D eigenvalue weighted by Crippen LogP contribution is -2.58. The highest BCUT2D eigenvalue weighted by Crippen LogP contribution is 2.20. The van der Waals surface area contributed by atoms with Gasteiger partial charge in [0.1, 0.15) is 18.1 Å². The van der Waals surface area contributed by atoms with Crippen molar-refractivity contribution in [2.24, 2.45) is 11.5 Å². The SMILES string of the molecule is NCCCCC(NC(=O)C(Cc1c[nH]c2ccccc12)NC(=O)C(CO)NC(=O)C(N)Cc1c[nH]c2ccccc12)C(=O)O. The van der Waals surface area contributed by atoms with Crippen molar-refractivity contribution < 1.29 is 29.4 Å². The highest BCUT2D eigenvalue weighted by Gasteiger charge is 2.31. The van der Waals surface area contributed by atoms with Gasteiger partial charge in [0.05, 0.1) is 12.6 Å². The van der Waals surface area contributed by atoms with Gasteiger partial charge in [-0.15, -0.1) is 0 Å². The van der Waals surface area contributed by atoms with Gasteiger partial charge in [-0.1, -0.05) is 36.4 Å². The van der Waals surface area contributed by atoms with Crippen LogP contribution in [0.3, 0.4) is 0 Å². The molecule has 13 nitrogen and oxygen atoms in total. The Morgan fingerprint density at radius 2 is 1.25 bits per heavy atom. The number of carbonyl (C=O) groups excluding carboxylic acids is 3. The fraction of sp³-hybridized carbons (Fsp3) is 0.355. The summed E-state index contributed by atoms with van der Waals surface area (Å²) in [6.07, 6.45) is 4.92. The quantitative estimate of drug-likeness (QED) is 0.0811. The van der Waals surface area contributed by atoms with Crippen LogP contribution >= 0.6 is 0 Å². The Morgan fingerprint density at radius 1 is 0.727 bits per heavy atom. The molecular formula is C31H39N7O6. The van der Waals surface area contributed by atoms with E-state index < -0.39 is 54.5 Å². The average molecular weight is 606 g/mol. The zero-order valence-electron chi connectivity index (χ0n) is 24.2. The van der Waals surface area contributed by atoms with Gasteiger partial charge in [-0.25, -0.2) is 4.79 Å². The molecule has 0 saturated heterocycles. The van der Waals surface area contributed by atoms with Gasteiger partial charge in [-0.3, -0.25) is 14.4 Å². The molecule has 0 bridgehead atoms. The minimum absolute atomic E-state index is 0.0168. The normalized spacial score (nSPS) is 14.1. The minimum Gasteiger partial charge on any atom is -0.480 e. The number of carbonyl (C=O) groups is 4. The van der Waals surface area contributed by atoms with E-state index in [0.29, 0.717) is 24.9 Å². The fourth-order valence-corrected chi connectivity index (χ4v) is 5.13. The number of benzene rings is 2. The maximum absolute atomic E-state index is 13.4. The summed E-state index contributed by atoms with van der Waals surface area (Å²) < 4.78 is 0. The number of unbranched alkanes of at least 4 members (excludes halogenated alkanes) is 1. The molecule has 13 heteroatoms. The van der Waals surface area contributed by atoms with Crippen LogP contribution in [-0.2, 0) is 32.0 Å². The molecule has 2 aromatic heterocycles. The number of aliphatic hydroxyl groups is 1. The Balaban J connectivity index is 1.47. The van der Waals surface area contributed by atoms with E-state index in [1.54, 1.807) is 12.4 Å². The second-order valence-corrected chi connectivity index (χ2v) is 10.7. The third-order valence-electron chi connectivity index (χ3n) is 7.56. The highest BCUT2D eigenvalue weighted by atomic mass is 16.4. The van der Waals surface area contributed by atoms with E-state index in [0.717, 1.165) is 27.4 Å². The molecular weight excluding hydrogens is 566 g/mol. The van der Waals surface area contributed by atoms with Crippen molar-refractivity contribution in [1.29, 1.82) is 0 Å². The number of hydrogen-bond acceptors (Lipinski definition) is 7. The van der Waals surface area contributed by atoms with E-state index in [-0.39, 0.29) is 19.3 Å². The Hall–Kier alpha value is -4.72. The Labute approximate surface area is 253 Å². The van der Waals surface area contributed by atoms with Crippen molar-refractivity contribution in [3.8, 4) is 0 Å². The van der Waals surface area contributed by atoms with Gasteiger partial charge in [-0.2, -0.15) is 0 Å². The average Bonchev–Trinajstić information content (AvgIpc) is 3.62. The zero-order valence-corrected chi connectivity index (χ0v) is 24.2. The third-order valence-corrected chi connectivity index (χ3v) is 7.56. The lowest BCUT2D eigenvalue weighted by atomic mass is 10.0. The van der Waals surface area contributed by atoms with Crippen LogP contribution in [0.4, 0.5) is 0 Å². The number of aliphatic hydroxyl groups excluding tert-OH is 1. The molecule has 4 unspecified atom stereocenters. The number of H-pyrrole nitrogens is 2. The summed E-state index contributed by atoms with van der Waals surface area (Å²) in [5, 5.41) is 29.0. The number of hydrogen-bond donors (Lipinski definition) is 9. The number of aliphatic carboxylic acids is 1. The van der Waals surface area contributed by atoms with Crippen LogP contribution < -0.4 is 27.4 Å². The van der Waals surface area contributed by atoms with Crippen molar-refractivity contribution in [2.75, 3.05) is 13.2 Å². The van der Waals surface area contributed by atoms with Gasteiger partial charge in [-0.05, 0) is 55.5 Å². The van der Waals surface area contributed by atoms with Crippen LogP contribution in [0.15, 0.2) is 60.9 Å². The highest BCUT2D eigenvalue weighted by molar-refractivity contribution is 5.95. The topological polar surface area (TPSA) is 228 Å². The standard InChI is InChI=1S/C31H39N7O6/c32-12-6-5-11-25(31(43)44)36-29(41)26(14-19-16-35-24-10-4-2-8-21(19)24)37-30(42)27(17-39)38-28(40)22(33)13-18-15-34-23-9-3-1-7-20(18)23/h1-4,7-10,15-16,22,25-27,34-35,39H,5-6,11-14,17,32-33H2,(H,36,41)(H,37,42)(H,38,40)(H,43,44). The van der Waals surface area contributed by atoms with E-state index in [2.05, 4.69) is 25.9 Å². The van der Waals surface area contributed by atoms with Gasteiger partial charge in [0.2, 0.25) is 17.7 Å². The number of aromatic amines is 2. The van der Waals surface area contributed by atoms with Crippen molar-refractivity contribution in [2.45, 2.75) is 56.3 Å². The number of carboxylic acid groups (broad SMARTS) is 1. The smallest absolute Gasteiger partial charge is 0.326 e. The van der Waals surface area contributed by atoms with Gasteiger partial charge < -0.3 is 47.6 Å². The van der Waals surface area contributed by atoms with Crippen molar-refractivity contribution in [3.05, 3.63) is 72.1 Å². The maximum Gasteiger partial charge on any atom is 0.326 e. The second-order valence-electron chi connectivity index (χ2n) is 10.7. The van der Waals surface area contributed by atoms with E-state index in [4.69, 9.17) is 11.5 Å². The summed E-state index contributed by atoms with van der Waals surface area (Å²) >= 11 is 0. The Kier molecular flexibility index (Phi) is 11.1. The molecule has 0 radical (unpaired) electrons. The zero-order chi connectivity index (χ0) is 31.6. The summed E-state index contributed by atoms with van der Waals surface area (Å²) in [4.78, 5) is 57.8. The van der Waals surface area contributed by atoms with Crippen LogP contribution in [-0.4, -0.2) is 81.2 Å². The van der Waals surface area contributed by atoms with Crippen molar-refractivity contribution in [1.82, 2.24) is 25.9 Å². The number of para-hydroxylation sites is 2. The summed E-state index contributed by atoms with van der Waals surface area (Å²) in [5.41, 5.74) is 14.9. The molecule has 2 aromatic carbocycles. The van der Waals surface area contributed by atoms with Gasteiger partial charge in [0.15, 0.2) is 0 Å². The molecule has 11 N–H and O–H groups in total. The largest absolute Gasteiger partial charge is 0.480 e. The molecule has 0 spiro atoms. The third kappa shape index (κ3) is 8.01. The number of rotatable bonds is 16. The number of amides is 3. The Morgan fingerprint density at radius 3 is 1.82 bits per heavy atom. The Bertz CT molecular complexity index is 1600. The first-order valence-corrected chi connectivity index (χ1v) is 14.5. The molecule has 0 aliphatic heterocycles. The number of fused-ring (bicyclic) bond motifs is 2. The van der Waals surface area contributed by atoms with Crippen LogP contribution in [0.2, 0.25) is 0 Å². The summed E-state index contributed by atoms with van der Waals surface area (Å²) in [6.45, 7) is -0.366. The molecule has 4 atom stereocenters.